The molecule has 118 valence electrons. The zero-order chi connectivity index (χ0) is 16.5. The summed E-state index contributed by atoms with van der Waals surface area (Å²) in [5.41, 5.74) is 16.1. The van der Waals surface area contributed by atoms with Gasteiger partial charge in [-0.15, -0.1) is 0 Å². The fourth-order valence-corrected chi connectivity index (χ4v) is 1.98. The van der Waals surface area contributed by atoms with Gasteiger partial charge in [0.2, 0.25) is 0 Å². The molecule has 0 fully saturated rings. The molecule has 4 nitrogen and oxygen atoms in total. The van der Waals surface area contributed by atoms with E-state index in [0.29, 0.717) is 11.4 Å². The third-order valence-corrected chi connectivity index (χ3v) is 3.37. The second-order valence-corrected chi connectivity index (χ2v) is 5.03. The molecule has 23 heavy (non-hydrogen) atoms. The lowest BCUT2D eigenvalue weighted by Gasteiger charge is -2.03. The molecule has 1 heterocycles. The Kier molecular flexibility index (Phi) is 6.00. The first kappa shape index (κ1) is 16.4. The van der Waals surface area contributed by atoms with E-state index >= 15 is 0 Å². The molecule has 4 heteroatoms. The lowest BCUT2D eigenvalue weighted by atomic mass is 10.1. The van der Waals surface area contributed by atoms with Crippen LogP contribution in [-0.2, 0) is 6.42 Å². The van der Waals surface area contributed by atoms with Crippen molar-refractivity contribution in [3.8, 4) is 0 Å². The summed E-state index contributed by atoms with van der Waals surface area (Å²) in [4.78, 5) is 0. The number of aromatic amines is 1. The van der Waals surface area contributed by atoms with Crippen molar-refractivity contribution in [3.05, 3.63) is 77.6 Å². The summed E-state index contributed by atoms with van der Waals surface area (Å²) in [7, 11) is 0. The normalized spacial score (nSPS) is 10.3. The topological polar surface area (TPSA) is 80.7 Å². The Morgan fingerprint density at radius 1 is 0.957 bits per heavy atom. The van der Waals surface area contributed by atoms with Crippen molar-refractivity contribution in [2.45, 2.75) is 13.3 Å². The SMILES string of the molecule is CCc1ccn[nH]1.Nc1cccc(C=Cc2ccccc2)c1N. The largest absolute Gasteiger partial charge is 0.397 e. The van der Waals surface area contributed by atoms with Crippen LogP contribution in [0, 0.1) is 0 Å². The number of nitrogen functional groups attached to an aromatic ring is 2. The molecule has 0 saturated carbocycles. The summed E-state index contributed by atoms with van der Waals surface area (Å²) >= 11 is 0. The van der Waals surface area contributed by atoms with E-state index in [1.165, 1.54) is 5.69 Å². The summed E-state index contributed by atoms with van der Waals surface area (Å²) < 4.78 is 0. The van der Waals surface area contributed by atoms with Crippen molar-refractivity contribution < 1.29 is 0 Å². The minimum Gasteiger partial charge on any atom is -0.397 e. The number of H-pyrrole nitrogens is 1. The van der Waals surface area contributed by atoms with Gasteiger partial charge in [0.25, 0.3) is 0 Å². The van der Waals surface area contributed by atoms with E-state index in [1.54, 1.807) is 12.3 Å². The minimum atomic E-state index is 0.621. The zero-order valence-electron chi connectivity index (χ0n) is 13.2. The van der Waals surface area contributed by atoms with E-state index in [1.807, 2.05) is 60.7 Å². The molecule has 0 aliphatic heterocycles. The van der Waals surface area contributed by atoms with Gasteiger partial charge in [-0.05, 0) is 29.7 Å². The molecule has 0 aliphatic rings. The molecule has 1 aromatic heterocycles. The molecule has 2 aromatic carbocycles. The Morgan fingerprint density at radius 3 is 2.35 bits per heavy atom. The maximum atomic E-state index is 5.87. The molecule has 0 amide bonds. The summed E-state index contributed by atoms with van der Waals surface area (Å²) in [6.07, 6.45) is 6.80. The smallest absolute Gasteiger partial charge is 0.0621 e. The number of benzene rings is 2. The van der Waals surface area contributed by atoms with Crippen LogP contribution in [0.1, 0.15) is 23.7 Å². The highest BCUT2D eigenvalue weighted by atomic mass is 15.1. The first-order valence-electron chi connectivity index (χ1n) is 7.56. The Hall–Kier alpha value is -3.01. The molecular weight excluding hydrogens is 284 g/mol. The van der Waals surface area contributed by atoms with Gasteiger partial charge in [0.05, 0.1) is 11.4 Å². The predicted molar refractivity (Wildman–Crippen MR) is 98.6 cm³/mol. The van der Waals surface area contributed by atoms with Crippen molar-refractivity contribution in [2.24, 2.45) is 0 Å². The van der Waals surface area contributed by atoms with Crippen molar-refractivity contribution in [1.29, 1.82) is 0 Å². The average molecular weight is 306 g/mol. The average Bonchev–Trinajstić information content (AvgIpc) is 3.11. The van der Waals surface area contributed by atoms with Gasteiger partial charge in [0, 0.05) is 11.9 Å². The summed E-state index contributed by atoms with van der Waals surface area (Å²) in [6.45, 7) is 2.09. The molecule has 0 radical (unpaired) electrons. The Balaban J connectivity index is 0.000000229. The van der Waals surface area contributed by atoms with E-state index in [2.05, 4.69) is 17.1 Å². The van der Waals surface area contributed by atoms with E-state index in [4.69, 9.17) is 11.5 Å². The van der Waals surface area contributed by atoms with Crippen LogP contribution in [0.15, 0.2) is 60.8 Å². The number of aryl methyl sites for hydroxylation is 1. The number of aromatic nitrogens is 2. The lowest BCUT2D eigenvalue weighted by molar-refractivity contribution is 0.975. The molecule has 0 aliphatic carbocycles. The fourth-order valence-electron chi connectivity index (χ4n) is 1.98. The predicted octanol–water partition coefficient (Wildman–Crippen LogP) is 3.99. The molecule has 0 spiro atoms. The van der Waals surface area contributed by atoms with Crippen molar-refractivity contribution in [1.82, 2.24) is 10.2 Å². The number of para-hydroxylation sites is 1. The van der Waals surface area contributed by atoms with Crippen LogP contribution in [0.4, 0.5) is 11.4 Å². The van der Waals surface area contributed by atoms with Gasteiger partial charge in [-0.1, -0.05) is 61.5 Å². The Labute approximate surface area is 136 Å². The van der Waals surface area contributed by atoms with Gasteiger partial charge in [-0.3, -0.25) is 5.10 Å². The van der Waals surface area contributed by atoms with Crippen LogP contribution in [0.2, 0.25) is 0 Å². The maximum absolute atomic E-state index is 5.87. The molecular formula is C19H22N4. The summed E-state index contributed by atoms with van der Waals surface area (Å²) in [5.74, 6) is 0. The minimum absolute atomic E-state index is 0.621. The first-order chi connectivity index (χ1) is 11.2. The van der Waals surface area contributed by atoms with Crippen molar-refractivity contribution >= 4 is 23.5 Å². The van der Waals surface area contributed by atoms with Crippen LogP contribution < -0.4 is 11.5 Å². The van der Waals surface area contributed by atoms with E-state index in [9.17, 15) is 0 Å². The van der Waals surface area contributed by atoms with Gasteiger partial charge in [0.15, 0.2) is 0 Å². The first-order valence-corrected chi connectivity index (χ1v) is 7.56. The number of nitrogens with one attached hydrogen (secondary N) is 1. The Morgan fingerprint density at radius 2 is 1.74 bits per heavy atom. The zero-order valence-corrected chi connectivity index (χ0v) is 13.2. The molecule has 0 unspecified atom stereocenters. The van der Waals surface area contributed by atoms with E-state index in [0.717, 1.165) is 17.5 Å². The van der Waals surface area contributed by atoms with Crippen LogP contribution in [0.3, 0.4) is 0 Å². The number of hydrogen-bond acceptors (Lipinski definition) is 3. The standard InChI is InChI=1S/C14H14N2.C5H8N2/c15-13-8-4-7-12(14(13)16)10-9-11-5-2-1-3-6-11;1-2-5-3-4-6-7-5/h1-10H,15-16H2;3-4H,2H2,1H3,(H,6,7). The van der Waals surface area contributed by atoms with E-state index < -0.39 is 0 Å². The molecule has 3 rings (SSSR count). The van der Waals surface area contributed by atoms with Gasteiger partial charge >= 0.3 is 0 Å². The second kappa shape index (κ2) is 8.44. The summed E-state index contributed by atoms with van der Waals surface area (Å²) in [6, 6.07) is 17.7. The Bertz CT molecular complexity index is 731. The van der Waals surface area contributed by atoms with E-state index in [-0.39, 0.29) is 0 Å². The number of nitrogens with two attached hydrogens (primary N) is 2. The van der Waals surface area contributed by atoms with Crippen molar-refractivity contribution in [2.75, 3.05) is 11.5 Å². The maximum Gasteiger partial charge on any atom is 0.0621 e. The van der Waals surface area contributed by atoms with Gasteiger partial charge in [-0.2, -0.15) is 5.10 Å². The highest BCUT2D eigenvalue weighted by molar-refractivity contribution is 5.81. The lowest BCUT2D eigenvalue weighted by Crippen LogP contribution is -1.96. The fraction of sp³-hybridized carbons (Fsp3) is 0.105. The molecule has 3 aromatic rings. The molecule has 0 saturated heterocycles. The number of nitrogens with zero attached hydrogens (tertiary/aromatic N) is 1. The summed E-state index contributed by atoms with van der Waals surface area (Å²) in [5, 5.41) is 6.60. The monoisotopic (exact) mass is 306 g/mol. The highest BCUT2D eigenvalue weighted by Crippen LogP contribution is 2.21. The number of rotatable bonds is 3. The molecule has 0 atom stereocenters. The van der Waals surface area contributed by atoms with Gasteiger partial charge in [0.1, 0.15) is 0 Å². The van der Waals surface area contributed by atoms with Crippen LogP contribution in [0.5, 0.6) is 0 Å². The van der Waals surface area contributed by atoms with Crippen molar-refractivity contribution in [3.63, 3.8) is 0 Å². The number of anilines is 2. The van der Waals surface area contributed by atoms with Crippen LogP contribution >= 0.6 is 0 Å². The number of hydrogen-bond donors (Lipinski definition) is 3. The third-order valence-electron chi connectivity index (χ3n) is 3.37. The quantitative estimate of drug-likeness (QED) is 0.505. The second-order valence-electron chi connectivity index (χ2n) is 5.03. The molecule has 0 bridgehead atoms. The van der Waals surface area contributed by atoms with Crippen LogP contribution in [-0.4, -0.2) is 10.2 Å². The van der Waals surface area contributed by atoms with Gasteiger partial charge in [-0.25, -0.2) is 0 Å². The van der Waals surface area contributed by atoms with Gasteiger partial charge < -0.3 is 11.5 Å². The molecule has 5 N–H and O–H groups in total. The van der Waals surface area contributed by atoms with Crippen LogP contribution in [0.25, 0.3) is 12.2 Å². The highest BCUT2D eigenvalue weighted by Gasteiger charge is 1.97. The third kappa shape index (κ3) is 5.04.